The zero-order valence-electron chi connectivity index (χ0n) is 10.5. The Morgan fingerprint density at radius 3 is 2.68 bits per heavy atom. The summed E-state index contributed by atoms with van der Waals surface area (Å²) in [5.41, 5.74) is -0.494. The summed E-state index contributed by atoms with van der Waals surface area (Å²) < 4.78 is 43.3. The average Bonchev–Trinajstić information content (AvgIpc) is 2.39. The molecule has 106 valence electrons. The van der Waals surface area contributed by atoms with Gasteiger partial charge in [0.2, 0.25) is 0 Å². The fourth-order valence-corrected chi connectivity index (χ4v) is 2.52. The van der Waals surface area contributed by atoms with Crippen LogP contribution in [0.3, 0.4) is 0 Å². The second-order valence-corrected chi connectivity index (χ2v) is 5.19. The van der Waals surface area contributed by atoms with Crippen molar-refractivity contribution in [1.29, 1.82) is 0 Å². The van der Waals surface area contributed by atoms with Gasteiger partial charge in [-0.15, -0.1) is 0 Å². The molecule has 0 aromatic heterocycles. The van der Waals surface area contributed by atoms with E-state index in [1.54, 1.807) is 6.07 Å². The number of aliphatic hydroxyl groups excluding tert-OH is 1. The minimum Gasteiger partial charge on any atom is -0.396 e. The monoisotopic (exact) mass is 274 g/mol. The van der Waals surface area contributed by atoms with Gasteiger partial charge in [-0.25, -0.2) is 0 Å². The first kappa shape index (κ1) is 14.3. The molecule has 1 saturated heterocycles. The minimum atomic E-state index is -4.33. The number of ether oxygens (including phenoxy) is 1. The number of hydrogen-bond acceptors (Lipinski definition) is 2. The van der Waals surface area contributed by atoms with Crippen LogP contribution in [0.4, 0.5) is 13.2 Å². The Balaban J connectivity index is 2.18. The van der Waals surface area contributed by atoms with E-state index in [0.29, 0.717) is 25.2 Å². The Morgan fingerprint density at radius 2 is 2.11 bits per heavy atom. The van der Waals surface area contributed by atoms with Crippen LogP contribution in [0.25, 0.3) is 0 Å². The fourth-order valence-electron chi connectivity index (χ4n) is 2.52. The highest BCUT2D eigenvalue weighted by molar-refractivity contribution is 5.26. The molecule has 5 heteroatoms. The molecule has 1 aromatic carbocycles. The van der Waals surface area contributed by atoms with Crippen LogP contribution >= 0.6 is 0 Å². The molecule has 1 N–H and O–H groups in total. The Hall–Kier alpha value is -1.07. The topological polar surface area (TPSA) is 29.5 Å². The molecule has 1 aromatic rings. The maximum Gasteiger partial charge on any atom is 0.416 e. The normalized spacial score (nSPS) is 24.4. The first-order valence-corrected chi connectivity index (χ1v) is 6.30. The van der Waals surface area contributed by atoms with Gasteiger partial charge in [-0.05, 0) is 30.9 Å². The van der Waals surface area contributed by atoms with Gasteiger partial charge in [-0.2, -0.15) is 13.2 Å². The van der Waals surface area contributed by atoms with E-state index in [9.17, 15) is 18.3 Å². The van der Waals surface area contributed by atoms with Crippen LogP contribution in [0.15, 0.2) is 24.3 Å². The third-order valence-electron chi connectivity index (χ3n) is 3.57. The standard InChI is InChI=1S/C14H17F3O2/c15-14(16,17)12-4-1-3-11(7-12)8-13(9-18)5-2-6-19-10-13/h1,3-4,7,18H,2,5-6,8-10H2. The van der Waals surface area contributed by atoms with Gasteiger partial charge >= 0.3 is 6.18 Å². The highest BCUT2D eigenvalue weighted by Crippen LogP contribution is 2.34. The van der Waals surface area contributed by atoms with E-state index in [1.165, 1.54) is 6.07 Å². The lowest BCUT2D eigenvalue weighted by atomic mass is 9.78. The van der Waals surface area contributed by atoms with Crippen molar-refractivity contribution < 1.29 is 23.0 Å². The van der Waals surface area contributed by atoms with Crippen molar-refractivity contribution in [2.24, 2.45) is 5.41 Å². The molecule has 1 aliphatic heterocycles. The Labute approximate surface area is 110 Å². The molecule has 0 bridgehead atoms. The van der Waals surface area contributed by atoms with Crippen molar-refractivity contribution in [2.45, 2.75) is 25.4 Å². The number of alkyl halides is 3. The minimum absolute atomic E-state index is 0.0662. The van der Waals surface area contributed by atoms with Crippen LogP contribution in [0.1, 0.15) is 24.0 Å². The van der Waals surface area contributed by atoms with Crippen molar-refractivity contribution in [1.82, 2.24) is 0 Å². The molecule has 1 heterocycles. The van der Waals surface area contributed by atoms with Gasteiger partial charge in [0.05, 0.1) is 18.8 Å². The zero-order chi connectivity index (χ0) is 13.9. The SMILES string of the molecule is OCC1(Cc2cccc(C(F)(F)F)c2)CCCOC1. The summed E-state index contributed by atoms with van der Waals surface area (Å²) in [4.78, 5) is 0. The van der Waals surface area contributed by atoms with Crippen molar-refractivity contribution >= 4 is 0 Å². The van der Waals surface area contributed by atoms with Crippen molar-refractivity contribution in [3.05, 3.63) is 35.4 Å². The van der Waals surface area contributed by atoms with E-state index < -0.39 is 17.2 Å². The number of aliphatic hydroxyl groups is 1. The second-order valence-electron chi connectivity index (χ2n) is 5.19. The van der Waals surface area contributed by atoms with Gasteiger partial charge < -0.3 is 9.84 Å². The van der Waals surface area contributed by atoms with E-state index in [2.05, 4.69) is 0 Å². The van der Waals surface area contributed by atoms with Crippen LogP contribution in [-0.2, 0) is 17.3 Å². The molecule has 0 aliphatic carbocycles. The number of halogens is 3. The Kier molecular flexibility index (Phi) is 4.16. The lowest BCUT2D eigenvalue weighted by Gasteiger charge is -2.35. The molecule has 0 amide bonds. The summed E-state index contributed by atoms with van der Waals surface area (Å²) in [6.07, 6.45) is -2.31. The summed E-state index contributed by atoms with van der Waals surface area (Å²) in [7, 11) is 0. The first-order valence-electron chi connectivity index (χ1n) is 6.30. The van der Waals surface area contributed by atoms with E-state index in [1.807, 2.05) is 0 Å². The summed E-state index contributed by atoms with van der Waals surface area (Å²) >= 11 is 0. The van der Waals surface area contributed by atoms with Crippen LogP contribution in [0.2, 0.25) is 0 Å². The summed E-state index contributed by atoms with van der Waals surface area (Å²) in [6, 6.07) is 5.30. The van der Waals surface area contributed by atoms with E-state index in [-0.39, 0.29) is 6.61 Å². The van der Waals surface area contributed by atoms with Gasteiger partial charge in [0.25, 0.3) is 0 Å². The molecule has 19 heavy (non-hydrogen) atoms. The smallest absolute Gasteiger partial charge is 0.396 e. The molecule has 2 nitrogen and oxygen atoms in total. The Morgan fingerprint density at radius 1 is 1.32 bits per heavy atom. The van der Waals surface area contributed by atoms with Gasteiger partial charge in [0, 0.05) is 12.0 Å². The van der Waals surface area contributed by atoms with E-state index >= 15 is 0 Å². The molecule has 1 fully saturated rings. The lowest BCUT2D eigenvalue weighted by molar-refractivity contribution is -0.137. The van der Waals surface area contributed by atoms with Crippen LogP contribution in [0, 0.1) is 5.41 Å². The highest BCUT2D eigenvalue weighted by Gasteiger charge is 2.34. The van der Waals surface area contributed by atoms with Crippen LogP contribution in [0.5, 0.6) is 0 Å². The largest absolute Gasteiger partial charge is 0.416 e. The molecule has 0 saturated carbocycles. The lowest BCUT2D eigenvalue weighted by Crippen LogP contribution is -2.37. The molecular formula is C14H17F3O2. The first-order chi connectivity index (χ1) is 8.95. The molecule has 2 rings (SSSR count). The van der Waals surface area contributed by atoms with Crippen LogP contribution in [-0.4, -0.2) is 24.9 Å². The maximum atomic E-state index is 12.6. The number of hydrogen-bond donors (Lipinski definition) is 1. The van der Waals surface area contributed by atoms with Gasteiger partial charge in [0.1, 0.15) is 0 Å². The average molecular weight is 274 g/mol. The predicted octanol–water partition coefficient (Wildman–Crippen LogP) is 3.04. The number of benzene rings is 1. The molecule has 1 atom stereocenters. The van der Waals surface area contributed by atoms with Gasteiger partial charge in [0.15, 0.2) is 0 Å². The molecule has 0 spiro atoms. The zero-order valence-corrected chi connectivity index (χ0v) is 10.5. The van der Waals surface area contributed by atoms with Crippen molar-refractivity contribution in [3.63, 3.8) is 0 Å². The number of rotatable bonds is 3. The summed E-state index contributed by atoms with van der Waals surface area (Å²) in [5.74, 6) is 0. The summed E-state index contributed by atoms with van der Waals surface area (Å²) in [5, 5.41) is 9.53. The molecule has 1 aliphatic rings. The molecule has 1 unspecified atom stereocenters. The van der Waals surface area contributed by atoms with E-state index in [4.69, 9.17) is 4.74 Å². The molecule has 0 radical (unpaired) electrons. The second kappa shape index (κ2) is 5.51. The third kappa shape index (κ3) is 3.48. The predicted molar refractivity (Wildman–Crippen MR) is 64.7 cm³/mol. The molecular weight excluding hydrogens is 257 g/mol. The summed E-state index contributed by atoms with van der Waals surface area (Å²) in [6.45, 7) is 0.993. The quantitative estimate of drug-likeness (QED) is 0.918. The Bertz CT molecular complexity index is 423. The van der Waals surface area contributed by atoms with E-state index in [0.717, 1.165) is 25.0 Å². The van der Waals surface area contributed by atoms with Crippen LogP contribution < -0.4 is 0 Å². The third-order valence-corrected chi connectivity index (χ3v) is 3.57. The highest BCUT2D eigenvalue weighted by atomic mass is 19.4. The van der Waals surface area contributed by atoms with Gasteiger partial charge in [-0.3, -0.25) is 0 Å². The van der Waals surface area contributed by atoms with Crippen molar-refractivity contribution in [2.75, 3.05) is 19.8 Å². The fraction of sp³-hybridized carbons (Fsp3) is 0.571. The van der Waals surface area contributed by atoms with Crippen molar-refractivity contribution in [3.8, 4) is 0 Å². The maximum absolute atomic E-state index is 12.6. The van der Waals surface area contributed by atoms with Gasteiger partial charge in [-0.1, -0.05) is 18.2 Å².